The summed E-state index contributed by atoms with van der Waals surface area (Å²) in [7, 11) is 0. The molecule has 0 bridgehead atoms. The minimum Gasteiger partial charge on any atom is -0.218 e. The number of amidine groups is 1. The second kappa shape index (κ2) is 3.22. The molecule has 0 atom stereocenters. The highest BCUT2D eigenvalue weighted by Gasteiger charge is 2.00. The first-order valence-electron chi connectivity index (χ1n) is 3.22. The summed E-state index contributed by atoms with van der Waals surface area (Å²) in [6.07, 6.45) is 4.81. The first kappa shape index (κ1) is 6.26. The maximum absolute atomic E-state index is 3.93. The second-order valence-corrected chi connectivity index (χ2v) is 1.98. The summed E-state index contributed by atoms with van der Waals surface area (Å²) in [4.78, 5) is 3.93. The van der Waals surface area contributed by atoms with Gasteiger partial charge in [0.25, 0.3) is 0 Å². The molecule has 0 aromatic heterocycles. The lowest BCUT2D eigenvalue weighted by molar-refractivity contribution is 0.813. The molecule has 0 saturated heterocycles. The largest absolute Gasteiger partial charge is 0.218 e. The Hall–Kier alpha value is -0.860. The van der Waals surface area contributed by atoms with Gasteiger partial charge in [0.05, 0.1) is 0 Å². The van der Waals surface area contributed by atoms with E-state index in [1.807, 2.05) is 0 Å². The van der Waals surface area contributed by atoms with E-state index < -0.39 is 0 Å². The minimum absolute atomic E-state index is 0.872. The topological polar surface area (TPSA) is 38.8 Å². The average Bonchev–Trinajstić information content (AvgIpc) is 2.34. The Labute approximate surface area is 54.9 Å². The van der Waals surface area contributed by atoms with Crippen molar-refractivity contribution in [3.63, 3.8) is 0 Å². The van der Waals surface area contributed by atoms with Crippen molar-refractivity contribution in [1.29, 1.82) is 0 Å². The van der Waals surface area contributed by atoms with Gasteiger partial charge >= 0.3 is 0 Å². The zero-order chi connectivity index (χ0) is 6.53. The molecule has 0 amide bonds. The Bertz CT molecular complexity index is 137. The van der Waals surface area contributed by atoms with E-state index in [1.54, 1.807) is 0 Å². The summed E-state index contributed by atoms with van der Waals surface area (Å²) in [5.41, 5.74) is 3.79. The molecular weight excluding hydrogens is 114 g/mol. The smallest absolute Gasteiger partial charge is 0.152 e. The van der Waals surface area contributed by atoms with Crippen molar-refractivity contribution in [2.45, 2.75) is 26.2 Å². The monoisotopic (exact) mass is 124 g/mol. The zero-order valence-electron chi connectivity index (χ0n) is 5.54. The number of unbranched alkanes of at least 4 members (excludes halogenated alkanes) is 1. The Kier molecular flexibility index (Phi) is 2.24. The van der Waals surface area contributed by atoms with Crippen molar-refractivity contribution in [3.8, 4) is 0 Å². The molecule has 0 aromatic rings. The van der Waals surface area contributed by atoms with Gasteiger partial charge in [-0.1, -0.05) is 13.3 Å². The first-order valence-corrected chi connectivity index (χ1v) is 3.22. The van der Waals surface area contributed by atoms with E-state index in [0.29, 0.717) is 0 Å². The fraction of sp³-hybridized carbons (Fsp3) is 0.667. The maximum Gasteiger partial charge on any atom is 0.152 e. The zero-order valence-corrected chi connectivity index (χ0v) is 5.54. The molecule has 49 valence electrons. The summed E-state index contributed by atoms with van der Waals surface area (Å²) >= 11 is 0. The van der Waals surface area contributed by atoms with Crippen LogP contribution in [0.5, 0.6) is 0 Å². The highest BCUT2D eigenvalue weighted by molar-refractivity contribution is 5.91. The molecule has 0 saturated carbocycles. The molecule has 0 aliphatic carbocycles. The molecule has 1 radical (unpaired) electrons. The molecule has 0 N–H and O–H groups in total. The molecule has 3 heteroatoms. The fourth-order valence-corrected chi connectivity index (χ4v) is 0.660. The van der Waals surface area contributed by atoms with Crippen molar-refractivity contribution in [1.82, 2.24) is 5.43 Å². The molecule has 0 unspecified atom stereocenters. The number of hydrogen-bond acceptors (Lipinski definition) is 2. The third-order valence-corrected chi connectivity index (χ3v) is 1.19. The van der Waals surface area contributed by atoms with Gasteiger partial charge in [0.2, 0.25) is 0 Å². The van der Waals surface area contributed by atoms with Gasteiger partial charge in [0, 0.05) is 6.42 Å². The quantitative estimate of drug-likeness (QED) is 0.541. The van der Waals surface area contributed by atoms with Crippen molar-refractivity contribution in [2.75, 3.05) is 0 Å². The Morgan fingerprint density at radius 3 is 3.00 bits per heavy atom. The lowest BCUT2D eigenvalue weighted by atomic mass is 10.2. The summed E-state index contributed by atoms with van der Waals surface area (Å²) in [5.74, 6) is 0.872. The van der Waals surface area contributed by atoms with E-state index in [2.05, 4.69) is 22.4 Å². The van der Waals surface area contributed by atoms with Gasteiger partial charge < -0.3 is 0 Å². The summed E-state index contributed by atoms with van der Waals surface area (Å²) in [6.45, 7) is 2.15. The van der Waals surface area contributed by atoms with Crippen LogP contribution in [0.4, 0.5) is 0 Å². The molecule has 3 nitrogen and oxygen atoms in total. The molecule has 1 heterocycles. The van der Waals surface area contributed by atoms with Gasteiger partial charge in [-0.05, 0) is 6.42 Å². The van der Waals surface area contributed by atoms with E-state index in [9.17, 15) is 0 Å². The van der Waals surface area contributed by atoms with Gasteiger partial charge in [-0.15, -0.1) is 10.5 Å². The van der Waals surface area contributed by atoms with Crippen LogP contribution in [0, 0.1) is 0 Å². The third kappa shape index (κ3) is 1.83. The van der Waals surface area contributed by atoms with Crippen LogP contribution >= 0.6 is 0 Å². The molecule has 9 heavy (non-hydrogen) atoms. The minimum atomic E-state index is 0.872. The van der Waals surface area contributed by atoms with Crippen LogP contribution in [0.1, 0.15) is 26.2 Å². The molecule has 0 spiro atoms. The first-order chi connectivity index (χ1) is 4.43. The van der Waals surface area contributed by atoms with Crippen molar-refractivity contribution in [3.05, 3.63) is 0 Å². The number of hydrogen-bond donors (Lipinski definition) is 0. The van der Waals surface area contributed by atoms with Crippen molar-refractivity contribution in [2.24, 2.45) is 10.1 Å². The number of nitrogens with zero attached hydrogens (tertiary/aromatic N) is 3. The Morgan fingerprint density at radius 2 is 2.44 bits per heavy atom. The summed E-state index contributed by atoms with van der Waals surface area (Å²) in [6, 6.07) is 0. The van der Waals surface area contributed by atoms with Gasteiger partial charge in [0.15, 0.2) is 5.84 Å². The summed E-state index contributed by atoms with van der Waals surface area (Å²) in [5, 5.41) is 3.61. The molecular formula is C6H10N3. The van der Waals surface area contributed by atoms with Gasteiger partial charge in [0.1, 0.15) is 6.34 Å². The van der Waals surface area contributed by atoms with Crippen LogP contribution in [-0.2, 0) is 0 Å². The molecule has 1 aliphatic rings. The molecule has 1 rings (SSSR count). The van der Waals surface area contributed by atoms with E-state index >= 15 is 0 Å². The second-order valence-electron chi connectivity index (χ2n) is 1.98. The predicted octanol–water partition coefficient (Wildman–Crippen LogP) is 1.14. The van der Waals surface area contributed by atoms with Crippen LogP contribution in [0.2, 0.25) is 0 Å². The van der Waals surface area contributed by atoms with Crippen LogP contribution in [-0.4, -0.2) is 12.2 Å². The van der Waals surface area contributed by atoms with E-state index in [-0.39, 0.29) is 0 Å². The van der Waals surface area contributed by atoms with E-state index in [1.165, 1.54) is 12.8 Å². The lowest BCUT2D eigenvalue weighted by Crippen LogP contribution is -2.04. The molecule has 0 fully saturated rings. The molecule has 1 aliphatic heterocycles. The third-order valence-electron chi connectivity index (χ3n) is 1.19. The SMILES string of the molecule is CCCCC1=NC=N[N]1. The highest BCUT2D eigenvalue weighted by Crippen LogP contribution is 1.97. The van der Waals surface area contributed by atoms with Crippen LogP contribution < -0.4 is 5.43 Å². The van der Waals surface area contributed by atoms with Crippen LogP contribution in [0.15, 0.2) is 10.1 Å². The van der Waals surface area contributed by atoms with Gasteiger partial charge in [-0.2, -0.15) is 0 Å². The van der Waals surface area contributed by atoms with Crippen LogP contribution in [0.25, 0.3) is 0 Å². The fourth-order valence-electron chi connectivity index (χ4n) is 0.660. The van der Waals surface area contributed by atoms with E-state index in [4.69, 9.17) is 0 Å². The van der Waals surface area contributed by atoms with Gasteiger partial charge in [-0.3, -0.25) is 0 Å². The van der Waals surface area contributed by atoms with E-state index in [0.717, 1.165) is 18.7 Å². The standard InChI is InChI=1S/C6H10N3/c1-2-3-4-6-7-5-8-9-6/h5H,2-4H2,1H3. The number of rotatable bonds is 3. The highest BCUT2D eigenvalue weighted by atomic mass is 15.4. The maximum atomic E-state index is 3.93. The van der Waals surface area contributed by atoms with Crippen LogP contribution in [0.3, 0.4) is 0 Å². The lowest BCUT2D eigenvalue weighted by Gasteiger charge is -1.92. The Balaban J connectivity index is 2.14. The molecule has 0 aromatic carbocycles. The predicted molar refractivity (Wildman–Crippen MR) is 37.6 cm³/mol. The normalized spacial score (nSPS) is 15.4. The summed E-state index contributed by atoms with van der Waals surface area (Å²) < 4.78 is 0. The van der Waals surface area contributed by atoms with Gasteiger partial charge in [-0.25, -0.2) is 4.99 Å². The van der Waals surface area contributed by atoms with Crippen molar-refractivity contribution >= 4 is 12.2 Å². The Morgan fingerprint density at radius 1 is 1.56 bits per heavy atom. The van der Waals surface area contributed by atoms with Crippen molar-refractivity contribution < 1.29 is 0 Å². The average molecular weight is 124 g/mol. The number of aliphatic imine (C=N–C) groups is 1.